The summed E-state index contributed by atoms with van der Waals surface area (Å²) in [6.07, 6.45) is -5.22. The van der Waals surface area contributed by atoms with Crippen molar-refractivity contribution in [1.82, 2.24) is 16.0 Å². The molecule has 0 aromatic heterocycles. The van der Waals surface area contributed by atoms with Crippen molar-refractivity contribution < 1.29 is 44.2 Å². The molecule has 2 aliphatic heterocycles. The van der Waals surface area contributed by atoms with Crippen LogP contribution in [0.15, 0.2) is 11.8 Å². The van der Waals surface area contributed by atoms with Gasteiger partial charge in [0.2, 0.25) is 12.2 Å². The number of ether oxygens (including phenoxy) is 4. The van der Waals surface area contributed by atoms with Crippen molar-refractivity contribution in [2.45, 2.75) is 105 Å². The molecule has 0 aromatic rings. The molecule has 0 aromatic carbocycles. The number of hydrogen-bond acceptors (Lipinski definition) is 15. The minimum absolute atomic E-state index is 0.0301. The maximum Gasteiger partial charge on any atom is 0.249 e. The molecule has 16 heteroatoms. The molecule has 3 rings (SSSR count). The van der Waals surface area contributed by atoms with Crippen LogP contribution in [0.3, 0.4) is 0 Å². The predicted octanol–water partition coefficient (Wildman–Crippen LogP) is -5.00. The standard InChI is InChI=1S/C26H51N7O9/c1-26(38)12-39-25(19(36)22(26)31-2)42-21-16(33-23(37)17(34)6-8-28)10-14(30)20(18(21)35)41-24-15(32-9-3-7-27)5-4-13(11-29)40-24/h4,14-22,24-25,31-32,34-36,38H,3,5-12,27-30H2,1-2H3,(H,33,37)/t14-,15+,16+,17-,18-,19+,20?,21-,22+,24+,25+,26-/m0/s1. The van der Waals surface area contributed by atoms with Gasteiger partial charge in [-0.25, -0.2) is 0 Å². The molecule has 1 aliphatic carbocycles. The van der Waals surface area contributed by atoms with Crippen molar-refractivity contribution >= 4 is 5.91 Å². The van der Waals surface area contributed by atoms with Crippen LogP contribution >= 0.6 is 0 Å². The molecule has 12 atom stereocenters. The Labute approximate surface area is 246 Å². The van der Waals surface area contributed by atoms with Crippen LogP contribution in [0.25, 0.3) is 0 Å². The van der Waals surface area contributed by atoms with E-state index in [2.05, 4.69) is 16.0 Å². The van der Waals surface area contributed by atoms with E-state index < -0.39 is 72.7 Å². The lowest BCUT2D eigenvalue weighted by Crippen LogP contribution is -2.69. The predicted molar refractivity (Wildman–Crippen MR) is 151 cm³/mol. The minimum atomic E-state index is -1.43. The highest BCUT2D eigenvalue weighted by atomic mass is 16.7. The zero-order chi connectivity index (χ0) is 31.0. The van der Waals surface area contributed by atoms with Gasteiger partial charge in [0.25, 0.3) is 0 Å². The smallest absolute Gasteiger partial charge is 0.249 e. The van der Waals surface area contributed by atoms with Gasteiger partial charge in [-0.1, -0.05) is 0 Å². The summed E-state index contributed by atoms with van der Waals surface area (Å²) < 4.78 is 24.0. The highest BCUT2D eigenvalue weighted by Gasteiger charge is 2.52. The van der Waals surface area contributed by atoms with Crippen LogP contribution in [0.2, 0.25) is 0 Å². The lowest BCUT2D eigenvalue weighted by Gasteiger charge is -2.49. The van der Waals surface area contributed by atoms with Crippen LogP contribution in [0.4, 0.5) is 0 Å². The second-order valence-electron chi connectivity index (χ2n) is 11.4. The zero-order valence-electron chi connectivity index (χ0n) is 24.4. The molecule has 0 bridgehead atoms. The van der Waals surface area contributed by atoms with E-state index in [1.807, 2.05) is 6.08 Å². The summed E-state index contributed by atoms with van der Waals surface area (Å²) in [5.41, 5.74) is 22.0. The van der Waals surface area contributed by atoms with Crippen LogP contribution < -0.4 is 38.9 Å². The molecule has 0 spiro atoms. The molecule has 1 saturated heterocycles. The maximum atomic E-state index is 12.7. The Kier molecular flexibility index (Phi) is 13.3. The van der Waals surface area contributed by atoms with E-state index in [9.17, 15) is 25.2 Å². The normalized spacial score (nSPS) is 39.7. The van der Waals surface area contributed by atoms with E-state index in [-0.39, 0.29) is 38.6 Å². The van der Waals surface area contributed by atoms with E-state index in [1.54, 1.807) is 7.05 Å². The number of carbonyl (C=O) groups is 1. The van der Waals surface area contributed by atoms with Gasteiger partial charge in [0.15, 0.2) is 6.29 Å². The lowest BCUT2D eigenvalue weighted by molar-refractivity contribution is -0.304. The van der Waals surface area contributed by atoms with Crippen molar-refractivity contribution in [3.63, 3.8) is 0 Å². The second kappa shape index (κ2) is 16.0. The third-order valence-electron chi connectivity index (χ3n) is 8.00. The number of carbonyl (C=O) groups excluding carboxylic acids is 1. The van der Waals surface area contributed by atoms with Gasteiger partial charge in [-0.15, -0.1) is 0 Å². The molecule has 1 saturated carbocycles. The Morgan fingerprint density at radius 2 is 1.86 bits per heavy atom. The molecule has 1 amide bonds. The van der Waals surface area contributed by atoms with Crippen LogP contribution in [-0.4, -0.2) is 139 Å². The Morgan fingerprint density at radius 3 is 2.50 bits per heavy atom. The number of nitrogens with two attached hydrogens (primary N) is 4. The number of amides is 1. The van der Waals surface area contributed by atoms with Gasteiger partial charge in [0.1, 0.15) is 41.9 Å². The molecule has 16 nitrogen and oxygen atoms in total. The molecule has 15 N–H and O–H groups in total. The average molecular weight is 606 g/mol. The Hall–Kier alpha value is -1.51. The third kappa shape index (κ3) is 8.56. The molecule has 42 heavy (non-hydrogen) atoms. The summed E-state index contributed by atoms with van der Waals surface area (Å²) in [6.45, 7) is 2.72. The third-order valence-corrected chi connectivity index (χ3v) is 8.00. The Morgan fingerprint density at radius 1 is 1.14 bits per heavy atom. The molecule has 2 heterocycles. The van der Waals surface area contributed by atoms with Crippen LogP contribution in [0.5, 0.6) is 0 Å². The molecule has 244 valence electrons. The maximum absolute atomic E-state index is 12.7. The monoisotopic (exact) mass is 605 g/mol. The minimum Gasteiger partial charge on any atom is -0.467 e. The van der Waals surface area contributed by atoms with Crippen molar-refractivity contribution in [2.75, 3.05) is 39.8 Å². The number of aliphatic hydroxyl groups is 4. The summed E-state index contributed by atoms with van der Waals surface area (Å²) in [7, 11) is 1.58. The van der Waals surface area contributed by atoms with Crippen molar-refractivity contribution in [2.24, 2.45) is 22.9 Å². The number of hydrogen-bond donors (Lipinski definition) is 11. The SMILES string of the molecule is CN[C@@H]1[C@@H](O)[C@@H](O[C@H]2[C@H](NC(=O)[C@@H](O)CCN)C[C@H](N)C(O[C@H]3OC(CN)=CC[C@H]3NCCCN)[C@@H]2O)OC[C@]1(C)O. The van der Waals surface area contributed by atoms with Gasteiger partial charge in [-0.3, -0.25) is 4.79 Å². The number of likely N-dealkylation sites (N-methyl/N-ethyl adjacent to an activating group) is 1. The highest BCUT2D eigenvalue weighted by Crippen LogP contribution is 2.32. The molecule has 0 radical (unpaired) electrons. The number of rotatable bonds is 14. The number of aliphatic hydroxyl groups excluding tert-OH is 3. The quantitative estimate of drug-likeness (QED) is 0.0827. The Balaban J connectivity index is 1.83. The summed E-state index contributed by atoms with van der Waals surface area (Å²) in [5.74, 6) is -0.178. The highest BCUT2D eigenvalue weighted by molar-refractivity contribution is 5.80. The molecule has 1 unspecified atom stereocenters. The first kappa shape index (κ1) is 35.0. The molecular formula is C26H51N7O9. The topological polar surface area (TPSA) is 275 Å². The van der Waals surface area contributed by atoms with Crippen molar-refractivity contribution in [3.8, 4) is 0 Å². The van der Waals surface area contributed by atoms with Gasteiger partial charge in [-0.2, -0.15) is 0 Å². The largest absolute Gasteiger partial charge is 0.467 e. The summed E-state index contributed by atoms with van der Waals surface area (Å²) >= 11 is 0. The Bertz CT molecular complexity index is 885. The van der Waals surface area contributed by atoms with Gasteiger partial charge in [0.05, 0.1) is 31.3 Å². The first-order chi connectivity index (χ1) is 20.0. The van der Waals surface area contributed by atoms with E-state index in [0.29, 0.717) is 25.3 Å². The molecule has 2 fully saturated rings. The lowest BCUT2D eigenvalue weighted by atomic mass is 9.83. The number of nitrogens with one attached hydrogen (secondary N) is 3. The van der Waals surface area contributed by atoms with Gasteiger partial charge >= 0.3 is 0 Å². The summed E-state index contributed by atoms with van der Waals surface area (Å²) in [5, 5.41) is 52.3. The second-order valence-corrected chi connectivity index (χ2v) is 11.4. The fraction of sp³-hybridized carbons (Fsp3) is 0.885. The van der Waals surface area contributed by atoms with Crippen molar-refractivity contribution in [3.05, 3.63) is 11.8 Å². The fourth-order valence-electron chi connectivity index (χ4n) is 5.65. The van der Waals surface area contributed by atoms with Crippen LogP contribution in [-0.2, 0) is 23.7 Å². The van der Waals surface area contributed by atoms with E-state index in [0.717, 1.165) is 6.42 Å². The zero-order valence-corrected chi connectivity index (χ0v) is 24.4. The summed E-state index contributed by atoms with van der Waals surface area (Å²) in [4.78, 5) is 12.7. The van der Waals surface area contributed by atoms with E-state index in [4.69, 9.17) is 41.9 Å². The van der Waals surface area contributed by atoms with Crippen molar-refractivity contribution in [1.29, 1.82) is 0 Å². The van der Waals surface area contributed by atoms with E-state index >= 15 is 0 Å². The molecular weight excluding hydrogens is 554 g/mol. The van der Waals surface area contributed by atoms with E-state index in [1.165, 1.54) is 6.92 Å². The van der Waals surface area contributed by atoms with Crippen LogP contribution in [0, 0.1) is 0 Å². The fourth-order valence-corrected chi connectivity index (χ4v) is 5.65. The van der Waals surface area contributed by atoms with Gasteiger partial charge in [0, 0.05) is 6.04 Å². The summed E-state index contributed by atoms with van der Waals surface area (Å²) in [6, 6.07) is -2.79. The van der Waals surface area contributed by atoms with Gasteiger partial charge in [-0.05, 0) is 65.4 Å². The average Bonchev–Trinajstić information content (AvgIpc) is 2.95. The van der Waals surface area contributed by atoms with Gasteiger partial charge < -0.3 is 78.3 Å². The first-order valence-electron chi connectivity index (χ1n) is 14.6. The molecule has 3 aliphatic rings. The van der Waals surface area contributed by atoms with Crippen LogP contribution in [0.1, 0.15) is 32.6 Å². The first-order valence-corrected chi connectivity index (χ1v) is 14.6.